The summed E-state index contributed by atoms with van der Waals surface area (Å²) in [4.78, 5) is 0. The summed E-state index contributed by atoms with van der Waals surface area (Å²) in [6, 6.07) is 94.4. The van der Waals surface area contributed by atoms with Crippen molar-refractivity contribution in [3.05, 3.63) is 298 Å². The fourth-order valence-electron chi connectivity index (χ4n) is 16.3. The SMILES string of the molecule is CC1(CC2(CC3(CC4(CC5(C)c6ccccc6-c6ccccc65)c5ccccc5-c5ccccc54)c4ccccc4-c4ccccc43)c3ccccc3-c3ccccc32)c2ccccc2-c2ccccc21. The van der Waals surface area contributed by atoms with Crippen LogP contribution in [-0.2, 0) is 27.1 Å². The third kappa shape index (κ3) is 5.30. The van der Waals surface area contributed by atoms with Gasteiger partial charge in [0.25, 0.3) is 0 Å². The van der Waals surface area contributed by atoms with E-state index in [1.807, 2.05) is 0 Å². The van der Waals surface area contributed by atoms with Gasteiger partial charge in [0.15, 0.2) is 0 Å². The minimum Gasteiger partial charge on any atom is -0.0619 e. The molecule has 15 rings (SSSR count). The zero-order valence-electron chi connectivity index (χ0n) is 40.4. The fraction of sp³-hybridized carbons (Fsp3) is 0.155. The van der Waals surface area contributed by atoms with Gasteiger partial charge in [0.05, 0.1) is 0 Å². The van der Waals surface area contributed by atoms with Crippen molar-refractivity contribution in [2.24, 2.45) is 0 Å². The maximum atomic E-state index is 2.58. The second-order valence-electron chi connectivity index (χ2n) is 22.1. The van der Waals surface area contributed by atoms with E-state index in [1.165, 1.54) is 111 Å². The maximum Gasteiger partial charge on any atom is 0.0238 e. The van der Waals surface area contributed by atoms with E-state index in [2.05, 4.69) is 257 Å². The smallest absolute Gasteiger partial charge is 0.0238 e. The van der Waals surface area contributed by atoms with Crippen molar-refractivity contribution in [3.63, 3.8) is 0 Å². The van der Waals surface area contributed by atoms with Gasteiger partial charge >= 0.3 is 0 Å². The molecule has 0 aromatic heterocycles. The molecule has 0 nitrogen and oxygen atoms in total. The highest BCUT2D eigenvalue weighted by Crippen LogP contribution is 2.70. The molecule has 5 aliphatic carbocycles. The number of benzene rings is 10. The first-order valence-electron chi connectivity index (χ1n) is 25.9. The van der Waals surface area contributed by atoms with Crippen LogP contribution < -0.4 is 0 Å². The Morgan fingerprint density at radius 3 is 0.521 bits per heavy atom. The van der Waals surface area contributed by atoms with Crippen molar-refractivity contribution in [2.45, 2.75) is 66.6 Å². The monoisotopic (exact) mass is 906 g/mol. The molecular weight excluding hydrogens is 853 g/mol. The average molecular weight is 907 g/mol. The second kappa shape index (κ2) is 14.6. The lowest BCUT2D eigenvalue weighted by Crippen LogP contribution is -2.47. The highest BCUT2D eigenvalue weighted by Gasteiger charge is 2.61. The molecule has 0 radical (unpaired) electrons. The Hall–Kier alpha value is -7.80. The molecule has 10 aromatic carbocycles. The Labute approximate surface area is 418 Å². The zero-order chi connectivity index (χ0) is 47.2. The van der Waals surface area contributed by atoms with Gasteiger partial charge in [-0.05, 0) is 137 Å². The molecule has 0 saturated carbocycles. The van der Waals surface area contributed by atoms with Gasteiger partial charge < -0.3 is 0 Å². The summed E-state index contributed by atoms with van der Waals surface area (Å²) >= 11 is 0. The van der Waals surface area contributed by atoms with Crippen LogP contribution in [0.25, 0.3) is 55.6 Å². The molecule has 0 aliphatic heterocycles. The van der Waals surface area contributed by atoms with Crippen molar-refractivity contribution >= 4 is 0 Å². The molecule has 0 saturated heterocycles. The van der Waals surface area contributed by atoms with E-state index in [-0.39, 0.29) is 10.8 Å². The summed E-state index contributed by atoms with van der Waals surface area (Å²) in [7, 11) is 0. The summed E-state index contributed by atoms with van der Waals surface area (Å²) in [5, 5.41) is 0. The van der Waals surface area contributed by atoms with Crippen LogP contribution in [0.15, 0.2) is 243 Å². The lowest BCUT2D eigenvalue weighted by atomic mass is 9.51. The summed E-state index contributed by atoms with van der Waals surface area (Å²) in [5.74, 6) is 0. The van der Waals surface area contributed by atoms with Crippen molar-refractivity contribution in [3.8, 4) is 55.6 Å². The van der Waals surface area contributed by atoms with Crippen molar-refractivity contribution < 1.29 is 0 Å². The fourth-order valence-corrected chi connectivity index (χ4v) is 16.3. The van der Waals surface area contributed by atoms with E-state index in [4.69, 9.17) is 0 Å². The first-order chi connectivity index (χ1) is 34.9. The number of hydrogen-bond acceptors (Lipinski definition) is 0. The molecule has 0 heterocycles. The van der Waals surface area contributed by atoms with Crippen LogP contribution in [0.3, 0.4) is 0 Å². The van der Waals surface area contributed by atoms with E-state index in [1.54, 1.807) is 0 Å². The number of fused-ring (bicyclic) bond motifs is 15. The molecule has 0 N–H and O–H groups in total. The quantitative estimate of drug-likeness (QED) is 0.143. The molecule has 5 aliphatic rings. The van der Waals surface area contributed by atoms with Crippen LogP contribution in [0.2, 0.25) is 0 Å². The summed E-state index contributed by atoms with van der Waals surface area (Å²) in [6.45, 7) is 5.15. The zero-order valence-corrected chi connectivity index (χ0v) is 40.4. The summed E-state index contributed by atoms with van der Waals surface area (Å²) in [5.41, 5.74) is 26.4. The van der Waals surface area contributed by atoms with Crippen LogP contribution in [0.5, 0.6) is 0 Å². The van der Waals surface area contributed by atoms with Gasteiger partial charge in [-0.2, -0.15) is 0 Å². The molecule has 0 bridgehead atoms. The van der Waals surface area contributed by atoms with Crippen molar-refractivity contribution in [1.82, 2.24) is 0 Å². The van der Waals surface area contributed by atoms with Crippen molar-refractivity contribution in [2.75, 3.05) is 0 Å². The molecule has 338 valence electrons. The maximum absolute atomic E-state index is 2.58. The Morgan fingerprint density at radius 2 is 0.324 bits per heavy atom. The van der Waals surface area contributed by atoms with Gasteiger partial charge in [-0.3, -0.25) is 0 Å². The van der Waals surface area contributed by atoms with Gasteiger partial charge in [0.1, 0.15) is 0 Å². The standard InChI is InChI=1S/C71H54/c1-67(57-33-13-3-23-47(57)48-24-4-14-34-58(48)67)43-69(61-37-17-7-27-51(61)52-28-8-18-38-62(52)69)45-71(65-41-21-11-31-55(65)56-32-12-22-42-66(56)71)46-70(63-39-19-9-29-53(63)54-30-10-20-40-64(54)70)44-68(2)59-35-15-5-25-49(59)50-26-6-16-36-60(50)68/h3-42H,43-46H2,1-2H3. The molecule has 0 atom stereocenters. The van der Waals surface area contributed by atoms with Crippen LogP contribution in [0.4, 0.5) is 0 Å². The molecule has 0 amide bonds. The minimum atomic E-state index is -0.454. The molecule has 0 heteroatoms. The first kappa shape index (κ1) is 41.0. The molecule has 0 spiro atoms. The van der Waals surface area contributed by atoms with Crippen molar-refractivity contribution in [1.29, 1.82) is 0 Å². The highest BCUT2D eigenvalue weighted by molar-refractivity contribution is 5.89. The van der Waals surface area contributed by atoms with E-state index in [9.17, 15) is 0 Å². The lowest BCUT2D eigenvalue weighted by Gasteiger charge is -2.51. The predicted molar refractivity (Wildman–Crippen MR) is 293 cm³/mol. The van der Waals surface area contributed by atoms with Crippen LogP contribution in [-0.4, -0.2) is 0 Å². The highest BCUT2D eigenvalue weighted by atomic mass is 14.6. The normalized spacial score (nSPS) is 17.1. The summed E-state index contributed by atoms with van der Waals surface area (Å²) < 4.78 is 0. The van der Waals surface area contributed by atoms with E-state index < -0.39 is 16.2 Å². The Bertz CT molecular complexity index is 3410. The van der Waals surface area contributed by atoms with Gasteiger partial charge in [0.2, 0.25) is 0 Å². The molecule has 0 unspecified atom stereocenters. The second-order valence-corrected chi connectivity index (χ2v) is 22.1. The van der Waals surface area contributed by atoms with Gasteiger partial charge in [0, 0.05) is 27.1 Å². The van der Waals surface area contributed by atoms with Crippen LogP contribution in [0, 0.1) is 0 Å². The number of hydrogen-bond donors (Lipinski definition) is 0. The van der Waals surface area contributed by atoms with Crippen LogP contribution in [0.1, 0.15) is 95.2 Å². The van der Waals surface area contributed by atoms with E-state index in [0.717, 1.165) is 25.7 Å². The van der Waals surface area contributed by atoms with E-state index >= 15 is 0 Å². The lowest BCUT2D eigenvalue weighted by molar-refractivity contribution is 0.239. The Balaban J connectivity index is 1.05. The van der Waals surface area contributed by atoms with E-state index in [0.29, 0.717) is 0 Å². The van der Waals surface area contributed by atoms with Gasteiger partial charge in [-0.25, -0.2) is 0 Å². The Kier molecular flexibility index (Phi) is 8.45. The van der Waals surface area contributed by atoms with Crippen LogP contribution >= 0.6 is 0 Å². The molecule has 0 fully saturated rings. The molecule has 10 aromatic rings. The average Bonchev–Trinajstić information content (AvgIpc) is 4.12. The molecule has 71 heavy (non-hydrogen) atoms. The number of rotatable bonds is 8. The third-order valence-electron chi connectivity index (χ3n) is 18.7. The predicted octanol–water partition coefficient (Wildman–Crippen LogP) is 17.4. The topological polar surface area (TPSA) is 0 Å². The van der Waals surface area contributed by atoms with Gasteiger partial charge in [-0.1, -0.05) is 257 Å². The minimum absolute atomic E-state index is 0.286. The first-order valence-corrected chi connectivity index (χ1v) is 25.9. The largest absolute Gasteiger partial charge is 0.0619 e. The summed E-state index contributed by atoms with van der Waals surface area (Å²) in [6.07, 6.45) is 3.65. The third-order valence-corrected chi connectivity index (χ3v) is 18.7. The molecular formula is C71H54. The van der Waals surface area contributed by atoms with Gasteiger partial charge in [-0.15, -0.1) is 0 Å². The Morgan fingerprint density at radius 1 is 0.183 bits per heavy atom.